The SMILES string of the molecule is CN(C)CCN(C)c1cccc2ccc(C=O)nc12. The second-order valence-corrected chi connectivity index (χ2v) is 4.93. The maximum absolute atomic E-state index is 10.9. The van der Waals surface area contributed by atoms with Gasteiger partial charge in [-0.15, -0.1) is 0 Å². The molecule has 2 rings (SSSR count). The highest BCUT2D eigenvalue weighted by molar-refractivity contribution is 5.92. The fourth-order valence-electron chi connectivity index (χ4n) is 1.99. The number of rotatable bonds is 5. The van der Waals surface area contributed by atoms with E-state index in [0.29, 0.717) is 5.69 Å². The van der Waals surface area contributed by atoms with Gasteiger partial charge in [0.1, 0.15) is 5.69 Å². The Bertz CT molecular complexity index is 581. The first-order valence-corrected chi connectivity index (χ1v) is 6.32. The number of benzene rings is 1. The summed E-state index contributed by atoms with van der Waals surface area (Å²) in [7, 11) is 6.16. The summed E-state index contributed by atoms with van der Waals surface area (Å²) in [6.07, 6.45) is 0.788. The van der Waals surface area contributed by atoms with Gasteiger partial charge in [-0.2, -0.15) is 0 Å². The quantitative estimate of drug-likeness (QED) is 0.768. The Morgan fingerprint density at radius 2 is 1.89 bits per heavy atom. The van der Waals surface area contributed by atoms with Crippen LogP contribution in [0.3, 0.4) is 0 Å². The van der Waals surface area contributed by atoms with Crippen molar-refractivity contribution < 1.29 is 4.79 Å². The van der Waals surface area contributed by atoms with E-state index in [1.165, 1.54) is 0 Å². The minimum absolute atomic E-state index is 0.473. The van der Waals surface area contributed by atoms with Crippen molar-refractivity contribution in [3.05, 3.63) is 36.0 Å². The number of carbonyl (C=O) groups excluding carboxylic acids is 1. The monoisotopic (exact) mass is 257 g/mol. The number of hydrogen-bond donors (Lipinski definition) is 0. The maximum atomic E-state index is 10.9. The number of fused-ring (bicyclic) bond motifs is 1. The van der Waals surface area contributed by atoms with Crippen LogP contribution in [0.4, 0.5) is 5.69 Å². The minimum Gasteiger partial charge on any atom is -0.372 e. The van der Waals surface area contributed by atoms with Crippen molar-refractivity contribution in [1.82, 2.24) is 9.88 Å². The molecule has 100 valence electrons. The highest BCUT2D eigenvalue weighted by atomic mass is 16.1. The summed E-state index contributed by atoms with van der Waals surface area (Å²) in [5, 5.41) is 1.06. The van der Waals surface area contributed by atoms with Gasteiger partial charge in [0.15, 0.2) is 6.29 Å². The summed E-state index contributed by atoms with van der Waals surface area (Å²) in [5.74, 6) is 0. The molecule has 0 saturated carbocycles. The van der Waals surface area contributed by atoms with Gasteiger partial charge in [0.25, 0.3) is 0 Å². The molecule has 2 aromatic rings. The lowest BCUT2D eigenvalue weighted by Crippen LogP contribution is -2.28. The molecule has 0 unspecified atom stereocenters. The number of likely N-dealkylation sites (N-methyl/N-ethyl adjacent to an activating group) is 2. The first kappa shape index (κ1) is 13.5. The van der Waals surface area contributed by atoms with Gasteiger partial charge in [0, 0.05) is 25.5 Å². The van der Waals surface area contributed by atoms with E-state index in [9.17, 15) is 4.79 Å². The molecule has 0 radical (unpaired) electrons. The molecule has 0 spiro atoms. The number of aldehydes is 1. The van der Waals surface area contributed by atoms with Crippen molar-refractivity contribution in [3.8, 4) is 0 Å². The summed E-state index contributed by atoms with van der Waals surface area (Å²) < 4.78 is 0. The normalized spacial score (nSPS) is 10.9. The van der Waals surface area contributed by atoms with Crippen LogP contribution >= 0.6 is 0 Å². The maximum Gasteiger partial charge on any atom is 0.168 e. The molecule has 0 aliphatic heterocycles. The molecule has 0 bridgehead atoms. The number of anilines is 1. The molecule has 19 heavy (non-hydrogen) atoms. The van der Waals surface area contributed by atoms with Crippen molar-refractivity contribution in [2.45, 2.75) is 0 Å². The van der Waals surface area contributed by atoms with Crippen LogP contribution in [0.5, 0.6) is 0 Å². The summed E-state index contributed by atoms with van der Waals surface area (Å²) in [4.78, 5) is 19.6. The molecule has 4 heteroatoms. The van der Waals surface area contributed by atoms with Crippen LogP contribution in [-0.4, -0.2) is 50.4 Å². The van der Waals surface area contributed by atoms with Crippen LogP contribution in [0.1, 0.15) is 10.5 Å². The van der Waals surface area contributed by atoms with E-state index in [1.807, 2.05) is 31.3 Å². The fraction of sp³-hybridized carbons (Fsp3) is 0.333. The Morgan fingerprint density at radius 1 is 1.11 bits per heavy atom. The molecule has 0 amide bonds. The number of para-hydroxylation sites is 1. The van der Waals surface area contributed by atoms with Crippen molar-refractivity contribution >= 4 is 22.9 Å². The van der Waals surface area contributed by atoms with Gasteiger partial charge in [-0.1, -0.05) is 18.2 Å². The molecule has 1 heterocycles. The summed E-state index contributed by atoms with van der Waals surface area (Å²) in [5.41, 5.74) is 2.41. The predicted molar refractivity (Wildman–Crippen MR) is 79.0 cm³/mol. The van der Waals surface area contributed by atoms with E-state index in [4.69, 9.17) is 0 Å². The van der Waals surface area contributed by atoms with E-state index in [1.54, 1.807) is 6.07 Å². The van der Waals surface area contributed by atoms with Crippen LogP contribution in [-0.2, 0) is 0 Å². The second kappa shape index (κ2) is 5.80. The molecule has 1 aromatic heterocycles. The summed E-state index contributed by atoms with van der Waals surface area (Å²) in [6, 6.07) is 9.76. The average Bonchev–Trinajstić information content (AvgIpc) is 2.43. The Hall–Kier alpha value is -1.94. The van der Waals surface area contributed by atoms with Crippen molar-refractivity contribution in [1.29, 1.82) is 0 Å². The molecule has 0 N–H and O–H groups in total. The second-order valence-electron chi connectivity index (χ2n) is 4.93. The van der Waals surface area contributed by atoms with Crippen molar-refractivity contribution in [2.24, 2.45) is 0 Å². The molecule has 0 aliphatic carbocycles. The van der Waals surface area contributed by atoms with Crippen LogP contribution in [0.2, 0.25) is 0 Å². The molecule has 0 atom stereocenters. The largest absolute Gasteiger partial charge is 0.372 e. The average molecular weight is 257 g/mol. The highest BCUT2D eigenvalue weighted by Crippen LogP contribution is 2.24. The van der Waals surface area contributed by atoms with Gasteiger partial charge in [0.2, 0.25) is 0 Å². The van der Waals surface area contributed by atoms with Crippen LogP contribution in [0.25, 0.3) is 10.9 Å². The van der Waals surface area contributed by atoms with Gasteiger partial charge in [-0.25, -0.2) is 4.98 Å². The van der Waals surface area contributed by atoms with Gasteiger partial charge in [0.05, 0.1) is 11.2 Å². The fourth-order valence-corrected chi connectivity index (χ4v) is 1.99. The molecule has 1 aromatic carbocycles. The van der Waals surface area contributed by atoms with Gasteiger partial charge >= 0.3 is 0 Å². The summed E-state index contributed by atoms with van der Waals surface area (Å²) >= 11 is 0. The predicted octanol–water partition coefficient (Wildman–Crippen LogP) is 2.05. The Labute approximate surface area is 113 Å². The molecule has 0 saturated heterocycles. The zero-order valence-corrected chi connectivity index (χ0v) is 11.6. The Kier molecular flexibility index (Phi) is 4.12. The third-order valence-corrected chi connectivity index (χ3v) is 3.14. The van der Waals surface area contributed by atoms with Crippen molar-refractivity contribution in [2.75, 3.05) is 39.1 Å². The molecular formula is C15H19N3O. The smallest absolute Gasteiger partial charge is 0.168 e. The van der Waals surface area contributed by atoms with E-state index < -0.39 is 0 Å². The molecule has 4 nitrogen and oxygen atoms in total. The zero-order valence-electron chi connectivity index (χ0n) is 11.6. The van der Waals surface area contributed by atoms with Crippen LogP contribution in [0, 0.1) is 0 Å². The first-order valence-electron chi connectivity index (χ1n) is 6.32. The molecule has 0 aliphatic rings. The lowest BCUT2D eigenvalue weighted by molar-refractivity contribution is 0.111. The van der Waals surface area contributed by atoms with E-state index in [2.05, 4.69) is 28.9 Å². The van der Waals surface area contributed by atoms with Gasteiger partial charge in [-0.05, 0) is 26.2 Å². The third-order valence-electron chi connectivity index (χ3n) is 3.14. The minimum atomic E-state index is 0.473. The van der Waals surface area contributed by atoms with Crippen molar-refractivity contribution in [3.63, 3.8) is 0 Å². The van der Waals surface area contributed by atoms with Crippen LogP contribution < -0.4 is 4.90 Å². The number of carbonyl (C=O) groups is 1. The number of hydrogen-bond acceptors (Lipinski definition) is 4. The van der Waals surface area contributed by atoms with Crippen LogP contribution in [0.15, 0.2) is 30.3 Å². The molecule has 0 fully saturated rings. The lowest BCUT2D eigenvalue weighted by Gasteiger charge is -2.22. The highest BCUT2D eigenvalue weighted by Gasteiger charge is 2.08. The van der Waals surface area contributed by atoms with E-state index in [-0.39, 0.29) is 0 Å². The van der Waals surface area contributed by atoms with Gasteiger partial charge < -0.3 is 9.80 Å². The van der Waals surface area contributed by atoms with Gasteiger partial charge in [-0.3, -0.25) is 4.79 Å². The van der Waals surface area contributed by atoms with E-state index >= 15 is 0 Å². The molecular weight excluding hydrogens is 238 g/mol. The number of aromatic nitrogens is 1. The number of nitrogens with zero attached hydrogens (tertiary/aromatic N) is 3. The first-order chi connectivity index (χ1) is 9.11. The third kappa shape index (κ3) is 3.09. The Balaban J connectivity index is 2.38. The van der Waals surface area contributed by atoms with E-state index in [0.717, 1.165) is 36.0 Å². The summed E-state index contributed by atoms with van der Waals surface area (Å²) in [6.45, 7) is 1.89. The zero-order chi connectivity index (χ0) is 13.8. The number of pyridine rings is 1. The lowest BCUT2D eigenvalue weighted by atomic mass is 10.1. The topological polar surface area (TPSA) is 36.4 Å². The standard InChI is InChI=1S/C15H19N3O/c1-17(2)9-10-18(3)14-6-4-5-12-7-8-13(11-19)16-15(12)14/h4-8,11H,9-10H2,1-3H3. The Morgan fingerprint density at radius 3 is 2.58 bits per heavy atom.